The summed E-state index contributed by atoms with van der Waals surface area (Å²) in [6.07, 6.45) is 3.69. The van der Waals surface area contributed by atoms with Crippen LogP contribution in [0.3, 0.4) is 0 Å². The first kappa shape index (κ1) is 21.5. The third kappa shape index (κ3) is 5.15. The number of anilines is 2. The second kappa shape index (κ2) is 9.63. The number of fused-ring (bicyclic) bond motifs is 1. The largest absolute Gasteiger partial charge is 0.378 e. The molecule has 0 saturated carbocycles. The summed E-state index contributed by atoms with van der Waals surface area (Å²) in [6.45, 7) is 4.82. The standard InChI is InChI=1S/C21H23N5O3S2/c1-13(20(22)28)31-21-24-14(12-30-21)10-19(27)25-17-2-3-18(26-6-8-29-9-7-26)15-4-5-23-11-16(15)17/h2-5,11-13H,6-10H2,1H3,(H2,22,28)(H,25,27). The number of benzene rings is 1. The predicted molar refractivity (Wildman–Crippen MR) is 124 cm³/mol. The number of pyridine rings is 1. The average Bonchev–Trinajstić information content (AvgIpc) is 3.21. The van der Waals surface area contributed by atoms with Gasteiger partial charge in [0.15, 0.2) is 4.34 Å². The summed E-state index contributed by atoms with van der Waals surface area (Å²) in [5.74, 6) is -0.547. The minimum absolute atomic E-state index is 0.148. The molecule has 1 aromatic carbocycles. The van der Waals surface area contributed by atoms with Gasteiger partial charge in [-0.15, -0.1) is 11.3 Å². The normalized spacial score (nSPS) is 15.1. The van der Waals surface area contributed by atoms with E-state index in [1.54, 1.807) is 19.3 Å². The highest BCUT2D eigenvalue weighted by Gasteiger charge is 2.17. The molecule has 4 rings (SSSR count). The summed E-state index contributed by atoms with van der Waals surface area (Å²) in [4.78, 5) is 34.9. The maximum Gasteiger partial charge on any atom is 0.230 e. The number of thioether (sulfide) groups is 1. The number of ether oxygens (including phenoxy) is 1. The van der Waals surface area contributed by atoms with Crippen molar-refractivity contribution in [2.45, 2.75) is 22.9 Å². The zero-order valence-corrected chi connectivity index (χ0v) is 18.7. The number of aromatic nitrogens is 2. The number of primary amides is 1. The Morgan fingerprint density at radius 2 is 2.10 bits per heavy atom. The molecule has 1 aliphatic rings. The van der Waals surface area contributed by atoms with E-state index in [9.17, 15) is 9.59 Å². The van der Waals surface area contributed by atoms with Crippen LogP contribution in [0.1, 0.15) is 12.6 Å². The van der Waals surface area contributed by atoms with Gasteiger partial charge in [-0.25, -0.2) is 4.98 Å². The molecule has 10 heteroatoms. The van der Waals surface area contributed by atoms with Crippen molar-refractivity contribution in [2.75, 3.05) is 36.5 Å². The second-order valence-corrected chi connectivity index (χ2v) is 9.59. The van der Waals surface area contributed by atoms with Gasteiger partial charge in [0.05, 0.1) is 36.3 Å². The third-order valence-corrected chi connectivity index (χ3v) is 7.11. The van der Waals surface area contributed by atoms with E-state index in [1.165, 1.54) is 23.1 Å². The van der Waals surface area contributed by atoms with Gasteiger partial charge in [0.2, 0.25) is 11.8 Å². The van der Waals surface area contributed by atoms with E-state index in [1.807, 2.05) is 23.6 Å². The van der Waals surface area contributed by atoms with Crippen LogP contribution in [0.2, 0.25) is 0 Å². The molecule has 162 valence electrons. The van der Waals surface area contributed by atoms with Crippen molar-refractivity contribution < 1.29 is 14.3 Å². The van der Waals surface area contributed by atoms with Gasteiger partial charge < -0.3 is 20.7 Å². The number of hydrogen-bond acceptors (Lipinski definition) is 8. The average molecular weight is 458 g/mol. The van der Waals surface area contributed by atoms with E-state index < -0.39 is 0 Å². The van der Waals surface area contributed by atoms with Crippen LogP contribution in [-0.2, 0) is 20.7 Å². The molecule has 2 amide bonds. The van der Waals surface area contributed by atoms with Gasteiger partial charge in [-0.1, -0.05) is 11.8 Å². The molecule has 1 atom stereocenters. The highest BCUT2D eigenvalue weighted by molar-refractivity contribution is 8.02. The third-order valence-electron chi connectivity index (χ3n) is 4.97. The van der Waals surface area contributed by atoms with Crippen LogP contribution in [0.15, 0.2) is 40.3 Å². The maximum atomic E-state index is 12.7. The molecule has 1 unspecified atom stereocenters. The van der Waals surface area contributed by atoms with Gasteiger partial charge in [0.1, 0.15) is 0 Å². The first-order chi connectivity index (χ1) is 15.0. The molecule has 3 heterocycles. The van der Waals surface area contributed by atoms with Crippen molar-refractivity contribution in [3.05, 3.63) is 41.7 Å². The van der Waals surface area contributed by atoms with E-state index in [0.29, 0.717) is 18.9 Å². The Morgan fingerprint density at radius 1 is 1.29 bits per heavy atom. The number of amides is 2. The van der Waals surface area contributed by atoms with Crippen LogP contribution in [0.5, 0.6) is 0 Å². The molecule has 2 aromatic heterocycles. The Balaban J connectivity index is 1.48. The number of nitrogens with one attached hydrogen (secondary N) is 1. The summed E-state index contributed by atoms with van der Waals surface area (Å²) in [7, 11) is 0. The first-order valence-electron chi connectivity index (χ1n) is 9.91. The summed E-state index contributed by atoms with van der Waals surface area (Å²) in [6, 6.07) is 5.93. The molecule has 0 aliphatic carbocycles. The summed E-state index contributed by atoms with van der Waals surface area (Å²) in [5, 5.41) is 6.40. The van der Waals surface area contributed by atoms with Crippen LogP contribution in [0.4, 0.5) is 11.4 Å². The van der Waals surface area contributed by atoms with Crippen LogP contribution >= 0.6 is 23.1 Å². The topological polar surface area (TPSA) is 110 Å². The number of morpholine rings is 1. The SMILES string of the molecule is CC(Sc1nc(CC(=O)Nc2ccc(N3CCOCC3)c3ccncc23)cs1)C(N)=O. The van der Waals surface area contributed by atoms with E-state index in [-0.39, 0.29) is 23.5 Å². The number of hydrogen-bond donors (Lipinski definition) is 2. The lowest BCUT2D eigenvalue weighted by Crippen LogP contribution is -2.36. The van der Waals surface area contributed by atoms with Gasteiger partial charge in [0, 0.05) is 47.3 Å². The van der Waals surface area contributed by atoms with Crippen molar-refractivity contribution in [3.8, 4) is 0 Å². The van der Waals surface area contributed by atoms with E-state index in [2.05, 4.69) is 20.2 Å². The highest BCUT2D eigenvalue weighted by Crippen LogP contribution is 2.32. The Morgan fingerprint density at radius 3 is 2.87 bits per heavy atom. The van der Waals surface area contributed by atoms with E-state index >= 15 is 0 Å². The van der Waals surface area contributed by atoms with Crippen LogP contribution in [-0.4, -0.2) is 53.3 Å². The molecule has 3 aromatic rings. The van der Waals surface area contributed by atoms with Crippen LogP contribution in [0, 0.1) is 0 Å². The number of rotatable bonds is 7. The fourth-order valence-corrected chi connectivity index (χ4v) is 5.29. The Bertz CT molecular complexity index is 1100. The fourth-order valence-electron chi connectivity index (χ4n) is 3.36. The molecule has 3 N–H and O–H groups in total. The monoisotopic (exact) mass is 457 g/mol. The molecule has 0 radical (unpaired) electrons. The molecular weight excluding hydrogens is 434 g/mol. The van der Waals surface area contributed by atoms with Crippen LogP contribution in [0.25, 0.3) is 10.8 Å². The zero-order valence-electron chi connectivity index (χ0n) is 17.0. The second-order valence-electron chi connectivity index (χ2n) is 7.15. The molecule has 31 heavy (non-hydrogen) atoms. The van der Waals surface area contributed by atoms with Gasteiger partial charge in [-0.3, -0.25) is 14.6 Å². The van der Waals surface area contributed by atoms with Crippen molar-refractivity contribution in [1.82, 2.24) is 9.97 Å². The van der Waals surface area contributed by atoms with Crippen molar-refractivity contribution >= 4 is 57.1 Å². The van der Waals surface area contributed by atoms with E-state index in [0.717, 1.165) is 39.6 Å². The van der Waals surface area contributed by atoms with E-state index in [4.69, 9.17) is 10.5 Å². The minimum Gasteiger partial charge on any atom is -0.378 e. The van der Waals surface area contributed by atoms with Crippen LogP contribution < -0.4 is 16.0 Å². The lowest BCUT2D eigenvalue weighted by atomic mass is 10.1. The smallest absolute Gasteiger partial charge is 0.230 e. The lowest BCUT2D eigenvalue weighted by molar-refractivity contribution is -0.117. The summed E-state index contributed by atoms with van der Waals surface area (Å²) in [5.41, 5.74) is 7.79. The number of carbonyl (C=O) groups excluding carboxylic acids is 2. The summed E-state index contributed by atoms with van der Waals surface area (Å²) < 4.78 is 6.18. The Hall–Kier alpha value is -2.69. The summed E-state index contributed by atoms with van der Waals surface area (Å²) >= 11 is 2.70. The lowest BCUT2D eigenvalue weighted by Gasteiger charge is -2.30. The maximum absolute atomic E-state index is 12.7. The molecule has 8 nitrogen and oxygen atoms in total. The minimum atomic E-state index is -0.388. The number of carbonyl (C=O) groups is 2. The Labute approximate surface area is 188 Å². The van der Waals surface area contributed by atoms with Gasteiger partial charge in [-0.2, -0.15) is 0 Å². The predicted octanol–water partition coefficient (Wildman–Crippen LogP) is 2.67. The number of nitrogens with zero attached hydrogens (tertiary/aromatic N) is 3. The quantitative estimate of drug-likeness (QED) is 0.525. The number of nitrogens with two attached hydrogens (primary N) is 1. The van der Waals surface area contributed by atoms with Gasteiger partial charge in [0.25, 0.3) is 0 Å². The van der Waals surface area contributed by atoms with Gasteiger partial charge in [-0.05, 0) is 25.1 Å². The highest BCUT2D eigenvalue weighted by atomic mass is 32.2. The number of thiazole rings is 1. The van der Waals surface area contributed by atoms with Gasteiger partial charge >= 0.3 is 0 Å². The first-order valence-corrected chi connectivity index (χ1v) is 11.7. The van der Waals surface area contributed by atoms with Crippen molar-refractivity contribution in [2.24, 2.45) is 5.73 Å². The molecular formula is C21H23N5O3S2. The van der Waals surface area contributed by atoms with Crippen molar-refractivity contribution in [3.63, 3.8) is 0 Å². The molecule has 0 bridgehead atoms. The molecule has 1 saturated heterocycles. The fraction of sp³-hybridized carbons (Fsp3) is 0.333. The van der Waals surface area contributed by atoms with Crippen molar-refractivity contribution in [1.29, 1.82) is 0 Å². The molecule has 0 spiro atoms. The molecule has 1 fully saturated rings. The Kier molecular flexibility index (Phi) is 6.69. The zero-order chi connectivity index (χ0) is 21.8. The molecule has 1 aliphatic heterocycles.